The molecule has 0 aliphatic carbocycles. The summed E-state index contributed by atoms with van der Waals surface area (Å²) in [5.74, 6) is 0.740. The molecule has 1 unspecified atom stereocenters. The zero-order chi connectivity index (χ0) is 17.7. The fourth-order valence-electron chi connectivity index (χ4n) is 2.50. The first-order valence-electron chi connectivity index (χ1n) is 7.93. The fraction of sp³-hybridized carbons (Fsp3) is 0.529. The number of carbonyl (C=O) groups is 1. The van der Waals surface area contributed by atoms with Crippen molar-refractivity contribution in [3.05, 3.63) is 30.3 Å². The number of rotatable bonds is 6. The maximum atomic E-state index is 12.4. The highest BCUT2D eigenvalue weighted by molar-refractivity contribution is 5.76. The largest absolute Gasteiger partial charge is 0.394 e. The van der Waals surface area contributed by atoms with Crippen LogP contribution < -0.4 is 0 Å². The Morgan fingerprint density at radius 3 is 2.71 bits per heavy atom. The van der Waals surface area contributed by atoms with Crippen LogP contribution in [0.25, 0.3) is 11.5 Å². The highest BCUT2D eigenvalue weighted by Crippen LogP contribution is 2.24. The Hall–Kier alpha value is -2.28. The van der Waals surface area contributed by atoms with E-state index in [2.05, 4.69) is 15.1 Å². The van der Waals surface area contributed by atoms with Crippen molar-refractivity contribution in [3.63, 3.8) is 0 Å². The summed E-state index contributed by atoms with van der Waals surface area (Å²) in [6.07, 6.45) is 2.25. The molecule has 2 aromatic heterocycles. The molecule has 0 bridgehead atoms. The topological polar surface area (TPSA) is 92.4 Å². The van der Waals surface area contributed by atoms with Crippen LogP contribution >= 0.6 is 0 Å². The number of aliphatic hydroxyl groups excluding tert-OH is 1. The molecule has 0 spiro atoms. The van der Waals surface area contributed by atoms with Gasteiger partial charge in [-0.2, -0.15) is 4.98 Å². The molecule has 1 atom stereocenters. The molecule has 1 N–H and O–H groups in total. The van der Waals surface area contributed by atoms with E-state index in [1.54, 1.807) is 24.2 Å². The number of hydrogen-bond donors (Lipinski definition) is 1. The van der Waals surface area contributed by atoms with E-state index in [0.29, 0.717) is 23.8 Å². The van der Waals surface area contributed by atoms with E-state index in [0.717, 1.165) is 0 Å². The van der Waals surface area contributed by atoms with Crippen molar-refractivity contribution in [1.29, 1.82) is 0 Å². The minimum atomic E-state index is -0.239. The Balaban J connectivity index is 1.96. The lowest BCUT2D eigenvalue weighted by Gasteiger charge is -2.36. The zero-order valence-electron chi connectivity index (χ0n) is 14.6. The summed E-state index contributed by atoms with van der Waals surface area (Å²) in [5.41, 5.74) is 0.430. The van der Waals surface area contributed by atoms with Crippen LogP contribution in [0.5, 0.6) is 0 Å². The summed E-state index contributed by atoms with van der Waals surface area (Å²) in [6, 6.07) is 5.21. The van der Waals surface area contributed by atoms with Crippen molar-refractivity contribution >= 4 is 5.91 Å². The summed E-state index contributed by atoms with van der Waals surface area (Å²) >= 11 is 0. The lowest BCUT2D eigenvalue weighted by Crippen LogP contribution is -2.47. The molecule has 130 valence electrons. The third-order valence-corrected chi connectivity index (χ3v) is 3.95. The van der Waals surface area contributed by atoms with Gasteiger partial charge >= 0.3 is 0 Å². The molecule has 1 amide bonds. The van der Waals surface area contributed by atoms with Crippen molar-refractivity contribution in [2.75, 3.05) is 13.7 Å². The van der Waals surface area contributed by atoms with Gasteiger partial charge in [0.1, 0.15) is 5.69 Å². The van der Waals surface area contributed by atoms with Gasteiger partial charge in [0.15, 0.2) is 0 Å². The number of hydrogen-bond acceptors (Lipinski definition) is 6. The SMILES string of the molecule is CN(C(=O)CCc1nc(-c2ccccn2)no1)C(CO)C(C)(C)C. The molecule has 0 fully saturated rings. The second-order valence-electron chi connectivity index (χ2n) is 6.80. The number of likely N-dealkylation sites (N-methyl/N-ethyl adjacent to an activating group) is 1. The first kappa shape index (κ1) is 18.1. The van der Waals surface area contributed by atoms with E-state index >= 15 is 0 Å². The van der Waals surface area contributed by atoms with E-state index in [4.69, 9.17) is 4.52 Å². The highest BCUT2D eigenvalue weighted by Gasteiger charge is 2.30. The van der Waals surface area contributed by atoms with Crippen molar-refractivity contribution in [1.82, 2.24) is 20.0 Å². The molecule has 0 saturated carbocycles. The van der Waals surface area contributed by atoms with Gasteiger partial charge in [-0.3, -0.25) is 9.78 Å². The van der Waals surface area contributed by atoms with E-state index in [1.165, 1.54) is 0 Å². The van der Waals surface area contributed by atoms with Crippen LogP contribution in [0.3, 0.4) is 0 Å². The zero-order valence-corrected chi connectivity index (χ0v) is 14.6. The lowest BCUT2D eigenvalue weighted by atomic mass is 9.86. The van der Waals surface area contributed by atoms with Gasteiger partial charge in [-0.15, -0.1) is 0 Å². The lowest BCUT2D eigenvalue weighted by molar-refractivity contribution is -0.135. The molecule has 2 heterocycles. The van der Waals surface area contributed by atoms with Gasteiger partial charge in [0.05, 0.1) is 12.6 Å². The molecule has 0 aliphatic rings. The Kier molecular flexibility index (Phi) is 5.66. The van der Waals surface area contributed by atoms with Crippen LogP contribution in [0.1, 0.15) is 33.1 Å². The van der Waals surface area contributed by atoms with E-state index < -0.39 is 0 Å². The summed E-state index contributed by atoms with van der Waals surface area (Å²) in [4.78, 5) is 22.4. The van der Waals surface area contributed by atoms with E-state index in [-0.39, 0.29) is 30.4 Å². The number of carbonyl (C=O) groups excluding carboxylic acids is 1. The number of nitrogens with zero attached hydrogens (tertiary/aromatic N) is 4. The average molecular weight is 332 g/mol. The van der Waals surface area contributed by atoms with Crippen LogP contribution in [-0.4, -0.2) is 50.7 Å². The van der Waals surface area contributed by atoms with E-state index in [9.17, 15) is 9.90 Å². The summed E-state index contributed by atoms with van der Waals surface area (Å²) in [5, 5.41) is 13.4. The number of pyridine rings is 1. The quantitative estimate of drug-likeness (QED) is 0.869. The fourth-order valence-corrected chi connectivity index (χ4v) is 2.50. The number of aliphatic hydroxyl groups is 1. The highest BCUT2D eigenvalue weighted by atomic mass is 16.5. The molecule has 7 nitrogen and oxygen atoms in total. The molecule has 0 saturated heterocycles. The summed E-state index contributed by atoms with van der Waals surface area (Å²) < 4.78 is 5.18. The molecule has 2 rings (SSSR count). The number of aryl methyl sites for hydroxylation is 1. The van der Waals surface area contributed by atoms with E-state index in [1.807, 2.05) is 32.9 Å². The van der Waals surface area contributed by atoms with Crippen LogP contribution in [0, 0.1) is 5.41 Å². The third kappa shape index (κ3) is 4.38. The minimum Gasteiger partial charge on any atom is -0.394 e. The molecule has 0 aromatic carbocycles. The third-order valence-electron chi connectivity index (χ3n) is 3.95. The smallest absolute Gasteiger partial charge is 0.227 e. The summed E-state index contributed by atoms with van der Waals surface area (Å²) in [6.45, 7) is 5.91. The number of aromatic nitrogens is 3. The van der Waals surface area contributed by atoms with Crippen LogP contribution in [0.15, 0.2) is 28.9 Å². The molecular weight excluding hydrogens is 308 g/mol. The molecule has 0 radical (unpaired) electrons. The standard InChI is InChI=1S/C17H24N4O3/c1-17(2,3)13(11-22)21(4)15(23)9-8-14-19-16(20-24-14)12-7-5-6-10-18-12/h5-7,10,13,22H,8-9,11H2,1-4H3. The van der Waals surface area contributed by atoms with Gasteiger partial charge in [-0.25, -0.2) is 0 Å². The first-order valence-corrected chi connectivity index (χ1v) is 7.93. The molecule has 0 aliphatic heterocycles. The van der Waals surface area contributed by atoms with Gasteiger partial charge in [0.25, 0.3) is 0 Å². The number of amides is 1. The monoisotopic (exact) mass is 332 g/mol. The predicted molar refractivity (Wildman–Crippen MR) is 88.9 cm³/mol. The normalized spacial score (nSPS) is 12.9. The van der Waals surface area contributed by atoms with Gasteiger partial charge in [-0.05, 0) is 17.5 Å². The van der Waals surface area contributed by atoms with Gasteiger partial charge in [-0.1, -0.05) is 32.0 Å². The second-order valence-corrected chi connectivity index (χ2v) is 6.80. The Morgan fingerprint density at radius 2 is 2.12 bits per heavy atom. The summed E-state index contributed by atoms with van der Waals surface area (Å²) in [7, 11) is 1.71. The van der Waals surface area contributed by atoms with Crippen LogP contribution in [0.2, 0.25) is 0 Å². The second kappa shape index (κ2) is 7.53. The Bertz CT molecular complexity index is 664. The van der Waals surface area contributed by atoms with Gasteiger partial charge in [0, 0.05) is 26.1 Å². The van der Waals surface area contributed by atoms with Gasteiger partial charge < -0.3 is 14.5 Å². The molecular formula is C17H24N4O3. The Morgan fingerprint density at radius 1 is 1.38 bits per heavy atom. The van der Waals surface area contributed by atoms with Crippen molar-refractivity contribution in [2.45, 2.75) is 39.7 Å². The molecule has 2 aromatic rings. The Labute approximate surface area is 141 Å². The van der Waals surface area contributed by atoms with Crippen molar-refractivity contribution in [2.24, 2.45) is 5.41 Å². The first-order chi connectivity index (χ1) is 11.3. The van der Waals surface area contributed by atoms with Gasteiger partial charge in [0.2, 0.25) is 17.6 Å². The van der Waals surface area contributed by atoms with Crippen molar-refractivity contribution in [3.8, 4) is 11.5 Å². The average Bonchev–Trinajstić information content (AvgIpc) is 3.01. The van der Waals surface area contributed by atoms with Crippen LogP contribution in [0.4, 0.5) is 0 Å². The predicted octanol–water partition coefficient (Wildman–Crippen LogP) is 1.93. The minimum absolute atomic E-state index is 0.0680. The maximum absolute atomic E-state index is 12.4. The maximum Gasteiger partial charge on any atom is 0.227 e. The van der Waals surface area contributed by atoms with Crippen LogP contribution in [-0.2, 0) is 11.2 Å². The van der Waals surface area contributed by atoms with Crippen molar-refractivity contribution < 1.29 is 14.4 Å². The molecule has 7 heteroatoms. The molecule has 24 heavy (non-hydrogen) atoms.